The summed E-state index contributed by atoms with van der Waals surface area (Å²) in [6.45, 7) is -1.44. The molecule has 0 unspecified atom stereocenters. The van der Waals surface area contributed by atoms with E-state index in [1.54, 1.807) is 0 Å². The molecule has 0 radical (unpaired) electrons. The molecule has 94 valence electrons. The van der Waals surface area contributed by atoms with E-state index in [4.69, 9.17) is 0 Å². The Morgan fingerprint density at radius 1 is 1.41 bits per heavy atom. The third-order valence-electron chi connectivity index (χ3n) is 1.95. The molecule has 0 saturated carbocycles. The number of carbonyl (C=O) groups is 1. The molecule has 1 aromatic carbocycles. The number of phenolic OH excluding ortho intramolecular Hbond substituents is 1. The number of alkyl halides is 3. The van der Waals surface area contributed by atoms with Crippen LogP contribution >= 0.6 is 0 Å². The molecule has 0 atom stereocenters. The van der Waals surface area contributed by atoms with Crippen molar-refractivity contribution in [1.82, 2.24) is 4.90 Å². The molecule has 1 amide bonds. The number of halogens is 4. The van der Waals surface area contributed by atoms with Crippen LogP contribution in [0.4, 0.5) is 17.6 Å². The lowest BCUT2D eigenvalue weighted by atomic mass is 10.1. The van der Waals surface area contributed by atoms with Crippen LogP contribution in [0, 0.1) is 5.82 Å². The fraction of sp³-hybridized carbons (Fsp3) is 0.300. The summed E-state index contributed by atoms with van der Waals surface area (Å²) in [6.07, 6.45) is -4.53. The highest BCUT2D eigenvalue weighted by molar-refractivity contribution is 5.96. The normalized spacial score (nSPS) is 11.4. The second-order valence-electron chi connectivity index (χ2n) is 3.44. The highest BCUT2D eigenvalue weighted by Gasteiger charge is 2.32. The lowest BCUT2D eigenvalue weighted by molar-refractivity contribution is -0.138. The Balaban J connectivity index is 2.89. The first kappa shape index (κ1) is 13.3. The number of nitrogens with zero attached hydrogens (tertiary/aromatic N) is 1. The van der Waals surface area contributed by atoms with Crippen molar-refractivity contribution in [2.24, 2.45) is 0 Å². The molecule has 0 fully saturated rings. The zero-order valence-electron chi connectivity index (χ0n) is 8.75. The third-order valence-corrected chi connectivity index (χ3v) is 1.95. The van der Waals surface area contributed by atoms with E-state index in [0.29, 0.717) is 11.0 Å². The molecule has 0 spiro atoms. The summed E-state index contributed by atoms with van der Waals surface area (Å²) in [6, 6.07) is 2.48. The Morgan fingerprint density at radius 2 is 2.00 bits per heavy atom. The number of aromatic hydroxyl groups is 1. The number of benzene rings is 1. The maximum absolute atomic E-state index is 12.6. The smallest absolute Gasteiger partial charge is 0.406 e. The van der Waals surface area contributed by atoms with Crippen LogP contribution in [0.25, 0.3) is 0 Å². The van der Waals surface area contributed by atoms with E-state index < -0.39 is 30.2 Å². The summed E-state index contributed by atoms with van der Waals surface area (Å²) < 4.78 is 48.7. The average Bonchev–Trinajstić information content (AvgIpc) is 2.14. The molecule has 0 bridgehead atoms. The lowest BCUT2D eigenvalue weighted by Crippen LogP contribution is -2.35. The maximum Gasteiger partial charge on any atom is 0.406 e. The SMILES string of the molecule is CN(CC(F)(F)F)C(=O)c1ccc(F)cc1O. The van der Waals surface area contributed by atoms with E-state index in [1.807, 2.05) is 0 Å². The molecule has 0 aromatic heterocycles. The molecule has 0 heterocycles. The van der Waals surface area contributed by atoms with Gasteiger partial charge in [-0.25, -0.2) is 4.39 Å². The molecular formula is C10H9F4NO2. The topological polar surface area (TPSA) is 40.5 Å². The average molecular weight is 251 g/mol. The standard InChI is InChI=1S/C10H9F4NO2/c1-15(5-10(12,13)14)9(17)7-3-2-6(11)4-8(7)16/h2-4,16H,5H2,1H3. The van der Waals surface area contributed by atoms with E-state index in [0.717, 1.165) is 19.2 Å². The first-order valence-electron chi connectivity index (χ1n) is 4.51. The third kappa shape index (κ3) is 3.61. The summed E-state index contributed by atoms with van der Waals surface area (Å²) >= 11 is 0. The zero-order chi connectivity index (χ0) is 13.2. The van der Waals surface area contributed by atoms with Crippen LogP contribution in [0.1, 0.15) is 10.4 Å². The van der Waals surface area contributed by atoms with Gasteiger partial charge in [-0.3, -0.25) is 4.79 Å². The Morgan fingerprint density at radius 3 is 2.47 bits per heavy atom. The van der Waals surface area contributed by atoms with Gasteiger partial charge in [-0.1, -0.05) is 0 Å². The molecule has 1 rings (SSSR count). The van der Waals surface area contributed by atoms with Crippen molar-refractivity contribution in [3.05, 3.63) is 29.6 Å². The van der Waals surface area contributed by atoms with Gasteiger partial charge in [0, 0.05) is 13.1 Å². The van der Waals surface area contributed by atoms with E-state index >= 15 is 0 Å². The van der Waals surface area contributed by atoms with Crippen LogP contribution in [0.5, 0.6) is 5.75 Å². The first-order valence-corrected chi connectivity index (χ1v) is 4.51. The Kier molecular flexibility index (Phi) is 3.59. The van der Waals surface area contributed by atoms with Crippen LogP contribution in [0.3, 0.4) is 0 Å². The molecule has 17 heavy (non-hydrogen) atoms. The number of phenols is 1. The quantitative estimate of drug-likeness (QED) is 0.818. The molecule has 1 aromatic rings. The molecule has 3 nitrogen and oxygen atoms in total. The van der Waals surface area contributed by atoms with Gasteiger partial charge in [-0.15, -0.1) is 0 Å². The van der Waals surface area contributed by atoms with E-state index in [9.17, 15) is 27.5 Å². The minimum absolute atomic E-state index is 0.377. The maximum atomic E-state index is 12.6. The predicted octanol–water partition coefficient (Wildman–Crippen LogP) is 2.17. The highest BCUT2D eigenvalue weighted by Crippen LogP contribution is 2.22. The second-order valence-corrected chi connectivity index (χ2v) is 3.44. The van der Waals surface area contributed by atoms with Crippen LogP contribution in [0.2, 0.25) is 0 Å². The lowest BCUT2D eigenvalue weighted by Gasteiger charge is -2.19. The molecule has 0 saturated heterocycles. The van der Waals surface area contributed by atoms with Crippen molar-refractivity contribution >= 4 is 5.91 Å². The van der Waals surface area contributed by atoms with Gasteiger partial charge >= 0.3 is 6.18 Å². The van der Waals surface area contributed by atoms with Crippen molar-refractivity contribution in [3.63, 3.8) is 0 Å². The molecule has 0 aliphatic heterocycles. The van der Waals surface area contributed by atoms with Crippen molar-refractivity contribution in [2.75, 3.05) is 13.6 Å². The summed E-state index contributed by atoms with van der Waals surface area (Å²) in [5.41, 5.74) is -0.377. The Hall–Kier alpha value is -1.79. The van der Waals surface area contributed by atoms with Crippen molar-refractivity contribution < 1.29 is 27.5 Å². The van der Waals surface area contributed by atoms with Crippen LogP contribution in [-0.4, -0.2) is 35.7 Å². The number of hydrogen-bond acceptors (Lipinski definition) is 2. The zero-order valence-corrected chi connectivity index (χ0v) is 8.75. The number of rotatable bonds is 2. The monoisotopic (exact) mass is 251 g/mol. The molecule has 0 aliphatic rings. The largest absolute Gasteiger partial charge is 0.507 e. The summed E-state index contributed by atoms with van der Waals surface area (Å²) in [4.78, 5) is 11.9. The van der Waals surface area contributed by atoms with Gasteiger partial charge in [0.2, 0.25) is 0 Å². The fourth-order valence-corrected chi connectivity index (χ4v) is 1.23. The molecular weight excluding hydrogens is 242 g/mol. The van der Waals surface area contributed by atoms with Gasteiger partial charge in [0.1, 0.15) is 18.1 Å². The second kappa shape index (κ2) is 4.60. The summed E-state index contributed by atoms with van der Waals surface area (Å²) in [7, 11) is 0.943. The predicted molar refractivity (Wildman–Crippen MR) is 51.1 cm³/mol. The number of amides is 1. The Bertz CT molecular complexity index is 431. The number of carbonyl (C=O) groups excluding carboxylic acids is 1. The van der Waals surface area contributed by atoms with E-state index in [2.05, 4.69) is 0 Å². The van der Waals surface area contributed by atoms with Crippen LogP contribution in [-0.2, 0) is 0 Å². The van der Waals surface area contributed by atoms with Crippen LogP contribution < -0.4 is 0 Å². The van der Waals surface area contributed by atoms with Crippen molar-refractivity contribution in [1.29, 1.82) is 0 Å². The fourth-order valence-electron chi connectivity index (χ4n) is 1.23. The molecule has 0 aliphatic carbocycles. The van der Waals surface area contributed by atoms with Gasteiger partial charge in [0.15, 0.2) is 0 Å². The number of hydrogen-bond donors (Lipinski definition) is 1. The Labute approximate surface area is 94.3 Å². The minimum Gasteiger partial charge on any atom is -0.507 e. The molecule has 1 N–H and O–H groups in total. The van der Waals surface area contributed by atoms with E-state index in [-0.39, 0.29) is 5.56 Å². The summed E-state index contributed by atoms with van der Waals surface area (Å²) in [5, 5.41) is 9.24. The summed E-state index contributed by atoms with van der Waals surface area (Å²) in [5.74, 6) is -2.50. The van der Waals surface area contributed by atoms with Crippen LogP contribution in [0.15, 0.2) is 18.2 Å². The van der Waals surface area contributed by atoms with Crippen molar-refractivity contribution in [3.8, 4) is 5.75 Å². The molecule has 7 heteroatoms. The first-order chi connectivity index (χ1) is 7.70. The van der Waals surface area contributed by atoms with Gasteiger partial charge < -0.3 is 10.0 Å². The van der Waals surface area contributed by atoms with Gasteiger partial charge in [-0.2, -0.15) is 13.2 Å². The highest BCUT2D eigenvalue weighted by atomic mass is 19.4. The van der Waals surface area contributed by atoms with Crippen molar-refractivity contribution in [2.45, 2.75) is 6.18 Å². The minimum atomic E-state index is -4.53. The van der Waals surface area contributed by atoms with Gasteiger partial charge in [0.25, 0.3) is 5.91 Å². The van der Waals surface area contributed by atoms with Gasteiger partial charge in [0.05, 0.1) is 5.56 Å². The van der Waals surface area contributed by atoms with E-state index in [1.165, 1.54) is 0 Å². The van der Waals surface area contributed by atoms with Gasteiger partial charge in [-0.05, 0) is 12.1 Å².